The Morgan fingerprint density at radius 2 is 1.90 bits per heavy atom. The molecule has 3 rings (SSSR count). The van der Waals surface area contributed by atoms with Crippen LogP contribution in [0.2, 0.25) is 0 Å². The van der Waals surface area contributed by atoms with E-state index in [-0.39, 0.29) is 0 Å². The minimum Gasteiger partial charge on any atom is -0.334 e. The first kappa shape index (κ1) is 13.5. The summed E-state index contributed by atoms with van der Waals surface area (Å²) in [5, 5.41) is 12.9. The highest BCUT2D eigenvalue weighted by molar-refractivity contribution is 7.14. The van der Waals surface area contributed by atoms with Crippen molar-refractivity contribution in [1.29, 1.82) is 0 Å². The highest BCUT2D eigenvalue weighted by atomic mass is 32.1. The number of nitrogens with two attached hydrogens (primary N) is 1. The normalized spacial score (nSPS) is 10.5. The second kappa shape index (κ2) is 5.90. The van der Waals surface area contributed by atoms with Crippen molar-refractivity contribution in [1.82, 2.24) is 15.2 Å². The maximum atomic E-state index is 5.51. The highest BCUT2D eigenvalue weighted by Gasteiger charge is 2.06. The Labute approximate surface area is 126 Å². The Morgan fingerprint density at radius 3 is 2.52 bits per heavy atom. The molecule has 0 radical (unpaired) electrons. The molecule has 2 aromatic heterocycles. The van der Waals surface area contributed by atoms with E-state index in [9.17, 15) is 0 Å². The number of benzene rings is 1. The number of aromatic amines is 1. The number of hydrogen-bond donors (Lipinski definition) is 3. The molecule has 5 nitrogen and oxygen atoms in total. The predicted molar refractivity (Wildman–Crippen MR) is 86.9 cm³/mol. The van der Waals surface area contributed by atoms with E-state index >= 15 is 0 Å². The number of aromatic nitrogens is 3. The Balaban J connectivity index is 1.79. The lowest BCUT2D eigenvalue weighted by Crippen LogP contribution is -2.09. The maximum absolute atomic E-state index is 5.51. The summed E-state index contributed by atoms with van der Waals surface area (Å²) in [4.78, 5) is 4.53. The molecule has 0 fully saturated rings. The van der Waals surface area contributed by atoms with Crippen LogP contribution in [0.15, 0.2) is 54.2 Å². The first-order valence-electron chi connectivity index (χ1n) is 6.47. The summed E-state index contributed by atoms with van der Waals surface area (Å²) in [6.45, 7) is 4.21. The zero-order chi connectivity index (χ0) is 14.7. The first-order chi connectivity index (χ1) is 10.3. The van der Waals surface area contributed by atoms with Crippen LogP contribution in [-0.4, -0.2) is 21.7 Å². The van der Waals surface area contributed by atoms with Gasteiger partial charge in [0, 0.05) is 34.9 Å². The summed E-state index contributed by atoms with van der Waals surface area (Å²) in [7, 11) is 0. The lowest BCUT2D eigenvalue weighted by atomic mass is 10.1. The smallest absolute Gasteiger partial charge is 0.187 e. The van der Waals surface area contributed by atoms with E-state index in [0.29, 0.717) is 6.54 Å². The molecule has 0 saturated carbocycles. The van der Waals surface area contributed by atoms with Crippen LogP contribution in [0.5, 0.6) is 0 Å². The molecule has 0 atom stereocenters. The third kappa shape index (κ3) is 3.01. The number of nitrogens with zero attached hydrogens (tertiary/aromatic N) is 2. The van der Waals surface area contributed by atoms with Gasteiger partial charge in [0.15, 0.2) is 5.13 Å². The monoisotopic (exact) mass is 297 g/mol. The fraction of sp³-hybridized carbons (Fsp3) is 0.0667. The van der Waals surface area contributed by atoms with Gasteiger partial charge in [-0.1, -0.05) is 30.8 Å². The van der Waals surface area contributed by atoms with E-state index in [1.54, 1.807) is 0 Å². The van der Waals surface area contributed by atoms with E-state index in [1.165, 1.54) is 11.3 Å². The number of H-pyrrole nitrogens is 1. The van der Waals surface area contributed by atoms with E-state index in [0.717, 1.165) is 33.3 Å². The van der Waals surface area contributed by atoms with Gasteiger partial charge in [-0.3, -0.25) is 5.10 Å². The van der Waals surface area contributed by atoms with Crippen molar-refractivity contribution in [3.8, 4) is 22.5 Å². The molecule has 0 amide bonds. The van der Waals surface area contributed by atoms with Gasteiger partial charge in [0.2, 0.25) is 0 Å². The summed E-state index contributed by atoms with van der Waals surface area (Å²) in [6, 6.07) is 10.1. The number of thiazole rings is 1. The van der Waals surface area contributed by atoms with Crippen molar-refractivity contribution in [2.45, 2.75) is 0 Å². The third-order valence-electron chi connectivity index (χ3n) is 3.01. The van der Waals surface area contributed by atoms with E-state index < -0.39 is 0 Å². The molecule has 0 aliphatic carbocycles. The molecule has 6 heteroatoms. The summed E-state index contributed by atoms with van der Waals surface area (Å²) in [6.07, 6.45) is 1.81. The van der Waals surface area contributed by atoms with Crippen LogP contribution in [0.1, 0.15) is 0 Å². The molecule has 3 aromatic rings. The van der Waals surface area contributed by atoms with Crippen LogP contribution in [0, 0.1) is 0 Å². The van der Waals surface area contributed by atoms with Gasteiger partial charge in [-0.15, -0.1) is 11.3 Å². The Morgan fingerprint density at radius 1 is 1.19 bits per heavy atom. The summed E-state index contributed by atoms with van der Waals surface area (Å²) in [5.41, 5.74) is 10.3. The van der Waals surface area contributed by atoms with Gasteiger partial charge >= 0.3 is 0 Å². The Bertz CT molecular complexity index is 728. The zero-order valence-corrected chi connectivity index (χ0v) is 12.2. The average Bonchev–Trinajstić information content (AvgIpc) is 3.19. The van der Waals surface area contributed by atoms with Crippen molar-refractivity contribution < 1.29 is 0 Å². The Kier molecular flexibility index (Phi) is 3.81. The number of rotatable bonds is 5. The van der Waals surface area contributed by atoms with Gasteiger partial charge in [-0.05, 0) is 6.07 Å². The number of nitrogens with one attached hydrogen (secondary N) is 2. The van der Waals surface area contributed by atoms with Gasteiger partial charge in [0.25, 0.3) is 0 Å². The van der Waals surface area contributed by atoms with Gasteiger partial charge in [-0.25, -0.2) is 4.98 Å². The lowest BCUT2D eigenvalue weighted by molar-refractivity contribution is 1.10. The summed E-state index contributed by atoms with van der Waals surface area (Å²) in [5.74, 6) is 0. The van der Waals surface area contributed by atoms with Crippen LogP contribution >= 0.6 is 11.3 Å². The Hall–Kier alpha value is -2.44. The molecule has 0 aliphatic rings. The molecular weight excluding hydrogens is 282 g/mol. The highest BCUT2D eigenvalue weighted by Crippen LogP contribution is 2.27. The van der Waals surface area contributed by atoms with Gasteiger partial charge in [0.1, 0.15) is 0 Å². The fourth-order valence-electron chi connectivity index (χ4n) is 1.90. The van der Waals surface area contributed by atoms with Crippen LogP contribution in [0.4, 0.5) is 5.13 Å². The van der Waals surface area contributed by atoms with Crippen molar-refractivity contribution >= 4 is 16.5 Å². The van der Waals surface area contributed by atoms with Gasteiger partial charge < -0.3 is 11.1 Å². The van der Waals surface area contributed by atoms with Crippen LogP contribution in [-0.2, 0) is 0 Å². The van der Waals surface area contributed by atoms with Gasteiger partial charge in [0.05, 0.1) is 11.4 Å². The standard InChI is InChI=1S/C15H15N5S/c1-10(8-16)18-15-19-14(9-21-15)12-4-2-11(3-5-12)13-6-7-17-20-13/h2-7,9H,1,8,16H2,(H,17,20)(H,18,19). The van der Waals surface area contributed by atoms with Crippen molar-refractivity contribution in [3.05, 3.63) is 54.2 Å². The maximum Gasteiger partial charge on any atom is 0.187 e. The minimum absolute atomic E-state index is 0.396. The fourth-order valence-corrected chi connectivity index (χ4v) is 2.67. The van der Waals surface area contributed by atoms with Crippen molar-refractivity contribution in [3.63, 3.8) is 0 Å². The van der Waals surface area contributed by atoms with Crippen molar-refractivity contribution in [2.75, 3.05) is 11.9 Å². The molecule has 0 aliphatic heterocycles. The number of hydrogen-bond acceptors (Lipinski definition) is 5. The minimum atomic E-state index is 0.396. The van der Waals surface area contributed by atoms with E-state index in [4.69, 9.17) is 5.73 Å². The zero-order valence-electron chi connectivity index (χ0n) is 11.3. The first-order valence-corrected chi connectivity index (χ1v) is 7.35. The molecule has 106 valence electrons. The third-order valence-corrected chi connectivity index (χ3v) is 3.77. The van der Waals surface area contributed by atoms with Gasteiger partial charge in [-0.2, -0.15) is 5.10 Å². The van der Waals surface area contributed by atoms with E-state index in [2.05, 4.69) is 27.1 Å². The molecule has 21 heavy (non-hydrogen) atoms. The number of anilines is 1. The molecule has 2 heterocycles. The summed E-state index contributed by atoms with van der Waals surface area (Å²) >= 11 is 1.53. The molecule has 0 saturated heterocycles. The quantitative estimate of drug-likeness (QED) is 0.676. The second-order valence-electron chi connectivity index (χ2n) is 4.51. The molecule has 0 spiro atoms. The molecule has 4 N–H and O–H groups in total. The average molecular weight is 297 g/mol. The molecule has 1 aromatic carbocycles. The SMILES string of the molecule is C=C(CN)Nc1nc(-c2ccc(-c3cc[nH]n3)cc2)cs1. The molecule has 0 unspecified atom stereocenters. The lowest BCUT2D eigenvalue weighted by Gasteiger charge is -2.02. The van der Waals surface area contributed by atoms with E-state index in [1.807, 2.05) is 41.9 Å². The topological polar surface area (TPSA) is 79.6 Å². The summed E-state index contributed by atoms with van der Waals surface area (Å²) < 4.78 is 0. The molecule has 0 bridgehead atoms. The molecular formula is C15H15N5S. The van der Waals surface area contributed by atoms with Crippen LogP contribution in [0.25, 0.3) is 22.5 Å². The van der Waals surface area contributed by atoms with Crippen molar-refractivity contribution in [2.24, 2.45) is 5.73 Å². The van der Waals surface area contributed by atoms with Crippen LogP contribution in [0.3, 0.4) is 0 Å². The predicted octanol–water partition coefficient (Wildman–Crippen LogP) is 3.08. The largest absolute Gasteiger partial charge is 0.334 e. The van der Waals surface area contributed by atoms with Crippen LogP contribution < -0.4 is 11.1 Å². The second-order valence-corrected chi connectivity index (χ2v) is 5.37.